The number of rotatable bonds is 4. The Balaban J connectivity index is 1.64. The number of hydrogen-bond donors (Lipinski definition) is 1. The first-order chi connectivity index (χ1) is 14.3. The molecule has 2 fully saturated rings. The van der Waals surface area contributed by atoms with E-state index in [-0.39, 0.29) is 28.1 Å². The highest BCUT2D eigenvalue weighted by Gasteiger charge is 2.40. The molecule has 2 aliphatic rings. The number of hydrogen-bond acceptors (Lipinski definition) is 6. The molecule has 1 aromatic heterocycles. The normalized spacial score (nSPS) is 18.9. The number of benzene rings is 1. The third kappa shape index (κ3) is 3.59. The number of nitro benzene ring substituents is 1. The van der Waals surface area contributed by atoms with Crippen LogP contribution < -0.4 is 5.32 Å². The van der Waals surface area contributed by atoms with Gasteiger partial charge in [-0.05, 0) is 43.2 Å². The first-order valence-corrected chi connectivity index (χ1v) is 9.67. The van der Waals surface area contributed by atoms with E-state index in [0.717, 1.165) is 17.7 Å². The smallest absolute Gasteiger partial charge is 0.331 e. The molecule has 1 aliphatic carbocycles. The molecule has 1 N–H and O–H groups in total. The maximum absolute atomic E-state index is 12.8. The first kappa shape index (κ1) is 19.8. The second kappa shape index (κ2) is 7.75. The lowest BCUT2D eigenvalue weighted by atomic mass is 10.1. The number of furan rings is 1. The van der Waals surface area contributed by atoms with E-state index in [0.29, 0.717) is 24.2 Å². The van der Waals surface area contributed by atoms with E-state index >= 15 is 0 Å². The van der Waals surface area contributed by atoms with E-state index in [1.165, 1.54) is 24.3 Å². The van der Waals surface area contributed by atoms with Crippen LogP contribution in [-0.4, -0.2) is 33.7 Å². The van der Waals surface area contributed by atoms with Crippen molar-refractivity contribution >= 4 is 41.2 Å². The number of carbonyl (C=O) groups is 3. The monoisotopic (exact) mass is 429 g/mol. The topological polar surface area (TPSA) is 123 Å². The molecule has 0 atom stereocenters. The zero-order chi connectivity index (χ0) is 21.4. The molecular formula is C20H16ClN3O6. The Morgan fingerprint density at radius 2 is 1.90 bits per heavy atom. The highest BCUT2D eigenvalue weighted by Crippen LogP contribution is 2.32. The molecule has 30 heavy (non-hydrogen) atoms. The molecule has 154 valence electrons. The maximum Gasteiger partial charge on any atom is 0.331 e. The summed E-state index contributed by atoms with van der Waals surface area (Å²) in [6.07, 6.45) is 4.52. The number of carbonyl (C=O) groups excluding carboxylic acids is 3. The van der Waals surface area contributed by atoms with E-state index in [1.54, 1.807) is 12.1 Å². The van der Waals surface area contributed by atoms with Crippen molar-refractivity contribution in [2.45, 2.75) is 31.7 Å². The number of urea groups is 1. The number of amides is 4. The van der Waals surface area contributed by atoms with Crippen LogP contribution >= 0.6 is 11.6 Å². The molecular weight excluding hydrogens is 414 g/mol. The van der Waals surface area contributed by atoms with Gasteiger partial charge in [-0.15, -0.1) is 0 Å². The zero-order valence-corrected chi connectivity index (χ0v) is 16.3. The standard InChI is InChI=1S/C20H16ClN3O6/c21-15-7-5-11(9-16(15)24(28)29)17-8-6-13(30-17)10-14-18(25)22-20(27)23(19(14)26)12-3-1-2-4-12/h5-10,12H,1-4H2,(H,22,25,27)/b14-10-. The molecule has 0 radical (unpaired) electrons. The van der Waals surface area contributed by atoms with E-state index in [1.807, 2.05) is 0 Å². The Bertz CT molecular complexity index is 1100. The Morgan fingerprint density at radius 1 is 1.17 bits per heavy atom. The maximum atomic E-state index is 12.8. The third-order valence-electron chi connectivity index (χ3n) is 5.16. The summed E-state index contributed by atoms with van der Waals surface area (Å²) in [4.78, 5) is 48.8. The lowest BCUT2D eigenvalue weighted by molar-refractivity contribution is -0.384. The minimum absolute atomic E-state index is 0.00112. The molecule has 4 amide bonds. The average molecular weight is 430 g/mol. The van der Waals surface area contributed by atoms with Crippen molar-refractivity contribution in [1.29, 1.82) is 0 Å². The highest BCUT2D eigenvalue weighted by atomic mass is 35.5. The van der Waals surface area contributed by atoms with Crippen molar-refractivity contribution in [3.05, 3.63) is 56.8 Å². The van der Waals surface area contributed by atoms with Gasteiger partial charge in [0, 0.05) is 17.7 Å². The predicted molar refractivity (Wildman–Crippen MR) is 106 cm³/mol. The number of nitro groups is 1. The van der Waals surface area contributed by atoms with E-state index in [4.69, 9.17) is 16.0 Å². The molecule has 1 aliphatic heterocycles. The van der Waals surface area contributed by atoms with Crippen molar-refractivity contribution < 1.29 is 23.7 Å². The molecule has 1 aromatic carbocycles. The summed E-state index contributed by atoms with van der Waals surface area (Å²) >= 11 is 5.83. The Kier molecular flexibility index (Phi) is 5.13. The summed E-state index contributed by atoms with van der Waals surface area (Å²) in [5.41, 5.74) is -0.0551. The summed E-state index contributed by atoms with van der Waals surface area (Å²) in [5, 5.41) is 13.3. The fourth-order valence-corrected chi connectivity index (χ4v) is 3.89. The molecule has 1 saturated carbocycles. The molecule has 0 spiro atoms. The average Bonchev–Trinajstić information content (AvgIpc) is 3.37. The van der Waals surface area contributed by atoms with Gasteiger partial charge in [0.25, 0.3) is 17.5 Å². The van der Waals surface area contributed by atoms with Gasteiger partial charge in [-0.1, -0.05) is 24.4 Å². The second-order valence-electron chi connectivity index (χ2n) is 7.06. The van der Waals surface area contributed by atoms with E-state index in [9.17, 15) is 24.5 Å². The molecule has 2 heterocycles. The fourth-order valence-electron chi connectivity index (χ4n) is 3.70. The molecule has 0 unspecified atom stereocenters. The van der Waals surface area contributed by atoms with Crippen LogP contribution in [0.2, 0.25) is 5.02 Å². The van der Waals surface area contributed by atoms with E-state index in [2.05, 4.69) is 5.32 Å². The minimum Gasteiger partial charge on any atom is -0.457 e. The third-order valence-corrected chi connectivity index (χ3v) is 5.48. The largest absolute Gasteiger partial charge is 0.457 e. The SMILES string of the molecule is O=C1NC(=O)N(C2CCCC2)C(=O)/C1=C\c1ccc(-c2ccc(Cl)c([N+](=O)[O-])c2)o1. The Hall–Kier alpha value is -3.46. The lowest BCUT2D eigenvalue weighted by Crippen LogP contribution is -2.57. The van der Waals surface area contributed by atoms with Gasteiger partial charge in [-0.2, -0.15) is 0 Å². The molecule has 9 nitrogen and oxygen atoms in total. The number of imide groups is 2. The fraction of sp³-hybridized carbons (Fsp3) is 0.250. The van der Waals surface area contributed by atoms with Crippen LogP contribution in [0.5, 0.6) is 0 Å². The van der Waals surface area contributed by atoms with Crippen LogP contribution in [0.1, 0.15) is 31.4 Å². The van der Waals surface area contributed by atoms with Gasteiger partial charge in [0.05, 0.1) is 4.92 Å². The van der Waals surface area contributed by atoms with Crippen LogP contribution in [-0.2, 0) is 9.59 Å². The highest BCUT2D eigenvalue weighted by molar-refractivity contribution is 6.32. The quantitative estimate of drug-likeness (QED) is 0.340. The zero-order valence-electron chi connectivity index (χ0n) is 15.6. The van der Waals surface area contributed by atoms with E-state index < -0.39 is 22.8 Å². The number of nitrogens with zero attached hydrogens (tertiary/aromatic N) is 2. The summed E-state index contributed by atoms with van der Waals surface area (Å²) < 4.78 is 5.65. The number of barbiturate groups is 1. The van der Waals surface area contributed by atoms with Crippen molar-refractivity contribution in [2.75, 3.05) is 0 Å². The Labute approximate surface area is 175 Å². The minimum atomic E-state index is -0.792. The number of nitrogens with one attached hydrogen (secondary N) is 1. The van der Waals surface area contributed by atoms with Crippen molar-refractivity contribution in [3.8, 4) is 11.3 Å². The van der Waals surface area contributed by atoms with Gasteiger partial charge >= 0.3 is 6.03 Å². The molecule has 2 aromatic rings. The number of halogens is 1. The van der Waals surface area contributed by atoms with Gasteiger partial charge in [0.1, 0.15) is 22.1 Å². The predicted octanol–water partition coefficient (Wildman–Crippen LogP) is 3.91. The van der Waals surface area contributed by atoms with Crippen molar-refractivity contribution in [2.24, 2.45) is 0 Å². The summed E-state index contributed by atoms with van der Waals surface area (Å²) in [7, 11) is 0. The van der Waals surface area contributed by atoms with Crippen LogP contribution in [0.15, 0.2) is 40.3 Å². The lowest BCUT2D eigenvalue weighted by Gasteiger charge is -2.30. The van der Waals surface area contributed by atoms with Crippen LogP contribution in [0.25, 0.3) is 17.4 Å². The molecule has 0 bridgehead atoms. The first-order valence-electron chi connectivity index (χ1n) is 9.30. The van der Waals surface area contributed by atoms with Gasteiger partial charge in [-0.25, -0.2) is 4.79 Å². The van der Waals surface area contributed by atoms with Crippen LogP contribution in [0, 0.1) is 10.1 Å². The van der Waals surface area contributed by atoms with Crippen LogP contribution in [0.4, 0.5) is 10.5 Å². The van der Waals surface area contributed by atoms with Gasteiger partial charge in [0.2, 0.25) is 0 Å². The Morgan fingerprint density at radius 3 is 2.60 bits per heavy atom. The summed E-state index contributed by atoms with van der Waals surface area (Å²) in [5.74, 6) is -0.953. The van der Waals surface area contributed by atoms with Gasteiger partial charge in [-0.3, -0.25) is 29.9 Å². The second-order valence-corrected chi connectivity index (χ2v) is 7.46. The van der Waals surface area contributed by atoms with Gasteiger partial charge in [0.15, 0.2) is 0 Å². The van der Waals surface area contributed by atoms with Gasteiger partial charge < -0.3 is 4.42 Å². The van der Waals surface area contributed by atoms with Crippen molar-refractivity contribution in [1.82, 2.24) is 10.2 Å². The molecule has 1 saturated heterocycles. The van der Waals surface area contributed by atoms with Crippen LogP contribution in [0.3, 0.4) is 0 Å². The van der Waals surface area contributed by atoms with Crippen molar-refractivity contribution in [3.63, 3.8) is 0 Å². The summed E-state index contributed by atoms with van der Waals surface area (Å²) in [6.45, 7) is 0. The molecule has 10 heteroatoms. The molecule has 4 rings (SSSR count). The summed E-state index contributed by atoms with van der Waals surface area (Å²) in [6, 6.07) is 6.38.